The lowest BCUT2D eigenvalue weighted by molar-refractivity contribution is -0.140. The molecule has 2 aromatic carbocycles. The van der Waals surface area contributed by atoms with Crippen molar-refractivity contribution in [3.63, 3.8) is 0 Å². The molecule has 1 saturated carbocycles. The summed E-state index contributed by atoms with van der Waals surface area (Å²) in [5.41, 5.74) is 0.923. The van der Waals surface area contributed by atoms with E-state index in [1.165, 1.54) is 12.8 Å². The first-order chi connectivity index (χ1) is 15.9. The number of likely N-dealkylation sites (tertiary alicyclic amines) is 1. The minimum atomic E-state index is -0.591. The van der Waals surface area contributed by atoms with Crippen molar-refractivity contribution < 1.29 is 14.4 Å². The van der Waals surface area contributed by atoms with Gasteiger partial charge in [0.25, 0.3) is 0 Å². The molecule has 1 aliphatic heterocycles. The molecule has 0 bridgehead atoms. The maximum Gasteiger partial charge on any atom is 0.245 e. The van der Waals surface area contributed by atoms with E-state index in [0.717, 1.165) is 35.7 Å². The fraction of sp³-hybridized carbons (Fsp3) is 0.519. The van der Waals surface area contributed by atoms with Crippen LogP contribution in [0.2, 0.25) is 0 Å². The Kier molecular flexibility index (Phi) is 7.31. The first-order valence-electron chi connectivity index (χ1n) is 12.2. The number of nitrogens with one attached hydrogen (secondary N) is 2. The topological polar surface area (TPSA) is 78.5 Å². The Labute approximate surface area is 196 Å². The summed E-state index contributed by atoms with van der Waals surface area (Å²) >= 11 is 0. The molecule has 4 rings (SSSR count). The van der Waals surface area contributed by atoms with Gasteiger partial charge in [0.2, 0.25) is 17.7 Å². The van der Waals surface area contributed by atoms with E-state index in [4.69, 9.17) is 0 Å². The van der Waals surface area contributed by atoms with Crippen molar-refractivity contribution in [1.82, 2.24) is 15.5 Å². The van der Waals surface area contributed by atoms with Gasteiger partial charge in [0.15, 0.2) is 0 Å². The molecule has 0 aromatic heterocycles. The monoisotopic (exact) mass is 449 g/mol. The lowest BCUT2D eigenvalue weighted by Gasteiger charge is -2.35. The smallest absolute Gasteiger partial charge is 0.245 e. The van der Waals surface area contributed by atoms with Crippen molar-refractivity contribution in [1.29, 1.82) is 0 Å². The number of carbonyl (C=O) groups is 3. The minimum Gasteiger partial charge on any atom is -0.356 e. The Morgan fingerprint density at radius 3 is 2.52 bits per heavy atom. The quantitative estimate of drug-likeness (QED) is 0.649. The molecular formula is C27H35N3O3. The van der Waals surface area contributed by atoms with Crippen LogP contribution in [0.5, 0.6) is 0 Å². The standard InChI is InChI=1S/C27H35N3O3/c1-18(2)25(29-24(31)15-20-11-12-21-6-3-4-7-22(21)14-20)27(33)30-13-5-8-23(17-30)26(32)28-16-19-9-10-19/h3-4,6-7,11-12,14,18-19,23,25H,5,8-10,13,15-17H2,1-2H3,(H,28,32)(H,29,31)/t23-,25-/m1/s1. The van der Waals surface area contributed by atoms with E-state index in [0.29, 0.717) is 19.0 Å². The Morgan fingerprint density at radius 2 is 1.79 bits per heavy atom. The highest BCUT2D eigenvalue weighted by atomic mass is 16.2. The van der Waals surface area contributed by atoms with Gasteiger partial charge in [-0.3, -0.25) is 14.4 Å². The van der Waals surface area contributed by atoms with E-state index in [9.17, 15) is 14.4 Å². The summed E-state index contributed by atoms with van der Waals surface area (Å²) in [6.07, 6.45) is 4.24. The average molecular weight is 450 g/mol. The summed E-state index contributed by atoms with van der Waals surface area (Å²) in [5.74, 6) is 0.244. The van der Waals surface area contributed by atoms with Crippen LogP contribution < -0.4 is 10.6 Å². The Morgan fingerprint density at radius 1 is 1.03 bits per heavy atom. The van der Waals surface area contributed by atoms with Crippen LogP contribution in [0.15, 0.2) is 42.5 Å². The van der Waals surface area contributed by atoms with Gasteiger partial charge in [-0.25, -0.2) is 0 Å². The predicted molar refractivity (Wildman–Crippen MR) is 129 cm³/mol. The molecule has 6 heteroatoms. The van der Waals surface area contributed by atoms with Gasteiger partial charge >= 0.3 is 0 Å². The van der Waals surface area contributed by atoms with E-state index in [1.54, 1.807) is 4.90 Å². The molecule has 1 saturated heterocycles. The van der Waals surface area contributed by atoms with Crippen LogP contribution in [0.3, 0.4) is 0 Å². The van der Waals surface area contributed by atoms with Gasteiger partial charge in [-0.15, -0.1) is 0 Å². The van der Waals surface area contributed by atoms with E-state index >= 15 is 0 Å². The molecule has 33 heavy (non-hydrogen) atoms. The van der Waals surface area contributed by atoms with Crippen LogP contribution >= 0.6 is 0 Å². The molecule has 176 valence electrons. The Hall–Kier alpha value is -2.89. The number of carbonyl (C=O) groups excluding carboxylic acids is 3. The normalized spacial score (nSPS) is 19.4. The van der Waals surface area contributed by atoms with E-state index in [-0.39, 0.29) is 36.0 Å². The van der Waals surface area contributed by atoms with Crippen molar-refractivity contribution in [3.8, 4) is 0 Å². The number of benzene rings is 2. The van der Waals surface area contributed by atoms with Crippen LogP contribution in [-0.2, 0) is 20.8 Å². The molecule has 3 amide bonds. The van der Waals surface area contributed by atoms with Crippen LogP contribution in [-0.4, -0.2) is 48.3 Å². The molecule has 2 fully saturated rings. The first kappa shape index (κ1) is 23.3. The summed E-state index contributed by atoms with van der Waals surface area (Å²) in [5, 5.41) is 8.26. The van der Waals surface area contributed by atoms with Gasteiger partial charge < -0.3 is 15.5 Å². The average Bonchev–Trinajstić information content (AvgIpc) is 3.65. The summed E-state index contributed by atoms with van der Waals surface area (Å²) in [4.78, 5) is 40.5. The molecule has 2 aliphatic rings. The number of rotatable bonds is 8. The van der Waals surface area contributed by atoms with Gasteiger partial charge in [0, 0.05) is 19.6 Å². The first-order valence-corrected chi connectivity index (χ1v) is 12.2. The second-order valence-corrected chi connectivity index (χ2v) is 9.96. The molecule has 2 atom stereocenters. The van der Waals surface area contributed by atoms with Gasteiger partial charge in [-0.2, -0.15) is 0 Å². The molecule has 1 heterocycles. The molecule has 0 radical (unpaired) electrons. The van der Waals surface area contributed by atoms with Crippen molar-refractivity contribution >= 4 is 28.5 Å². The Balaban J connectivity index is 1.35. The number of piperidine rings is 1. The maximum absolute atomic E-state index is 13.3. The Bertz CT molecular complexity index is 1010. The van der Waals surface area contributed by atoms with Gasteiger partial charge in [0.1, 0.15) is 6.04 Å². The molecule has 6 nitrogen and oxygen atoms in total. The molecule has 0 unspecified atom stereocenters. The van der Waals surface area contributed by atoms with Crippen molar-refractivity contribution in [2.45, 2.75) is 52.0 Å². The summed E-state index contributed by atoms with van der Waals surface area (Å²) in [6, 6.07) is 13.5. The molecular weight excluding hydrogens is 414 g/mol. The second-order valence-electron chi connectivity index (χ2n) is 9.96. The third-order valence-electron chi connectivity index (χ3n) is 6.79. The van der Waals surface area contributed by atoms with Crippen molar-refractivity contribution in [3.05, 3.63) is 48.0 Å². The fourth-order valence-electron chi connectivity index (χ4n) is 4.57. The zero-order valence-electron chi connectivity index (χ0n) is 19.7. The predicted octanol–water partition coefficient (Wildman–Crippen LogP) is 3.29. The highest BCUT2D eigenvalue weighted by Gasteiger charge is 2.34. The highest BCUT2D eigenvalue weighted by molar-refractivity contribution is 5.90. The molecule has 1 aliphatic carbocycles. The third-order valence-corrected chi connectivity index (χ3v) is 6.79. The SMILES string of the molecule is CC(C)[C@@H](NC(=O)Cc1ccc2ccccc2c1)C(=O)N1CCC[C@@H](C(=O)NCC2CC2)C1. The van der Waals surface area contributed by atoms with Crippen molar-refractivity contribution in [2.75, 3.05) is 19.6 Å². The highest BCUT2D eigenvalue weighted by Crippen LogP contribution is 2.28. The lowest BCUT2D eigenvalue weighted by atomic mass is 9.94. The van der Waals surface area contributed by atoms with Crippen LogP contribution in [0.4, 0.5) is 0 Å². The van der Waals surface area contributed by atoms with Crippen molar-refractivity contribution in [2.24, 2.45) is 17.8 Å². The molecule has 0 spiro atoms. The number of fused-ring (bicyclic) bond motifs is 1. The van der Waals surface area contributed by atoms with Crippen LogP contribution in [0, 0.1) is 17.8 Å². The number of hydrogen-bond acceptors (Lipinski definition) is 3. The van der Waals surface area contributed by atoms with E-state index in [2.05, 4.69) is 10.6 Å². The molecule has 2 N–H and O–H groups in total. The minimum absolute atomic E-state index is 0.0397. The largest absolute Gasteiger partial charge is 0.356 e. The fourth-order valence-corrected chi connectivity index (χ4v) is 4.57. The van der Waals surface area contributed by atoms with Crippen LogP contribution in [0.1, 0.15) is 45.1 Å². The summed E-state index contributed by atoms with van der Waals surface area (Å²) in [7, 11) is 0. The number of hydrogen-bond donors (Lipinski definition) is 2. The second kappa shape index (κ2) is 10.4. The zero-order chi connectivity index (χ0) is 23.4. The summed E-state index contributed by atoms with van der Waals surface area (Å²) in [6.45, 7) is 5.71. The number of amides is 3. The third kappa shape index (κ3) is 6.12. The van der Waals surface area contributed by atoms with Gasteiger partial charge in [-0.1, -0.05) is 56.3 Å². The maximum atomic E-state index is 13.3. The number of nitrogens with zero attached hydrogens (tertiary/aromatic N) is 1. The van der Waals surface area contributed by atoms with E-state index < -0.39 is 6.04 Å². The van der Waals surface area contributed by atoms with Crippen LogP contribution in [0.25, 0.3) is 10.8 Å². The zero-order valence-corrected chi connectivity index (χ0v) is 19.7. The van der Waals surface area contributed by atoms with Gasteiger partial charge in [-0.05, 0) is 53.9 Å². The van der Waals surface area contributed by atoms with E-state index in [1.807, 2.05) is 56.3 Å². The summed E-state index contributed by atoms with van der Waals surface area (Å²) < 4.78 is 0. The lowest BCUT2D eigenvalue weighted by Crippen LogP contribution is -2.55. The molecule has 2 aromatic rings. The van der Waals surface area contributed by atoms with Gasteiger partial charge in [0.05, 0.1) is 12.3 Å².